The maximum absolute atomic E-state index is 14.2. The van der Waals surface area contributed by atoms with Crippen molar-refractivity contribution in [1.82, 2.24) is 19.9 Å². The summed E-state index contributed by atoms with van der Waals surface area (Å²) in [4.78, 5) is 39.4. The number of aromatic nitrogens is 3. The number of imidazole rings is 1. The highest BCUT2D eigenvalue weighted by Crippen LogP contribution is 2.31. The number of rotatable bonds is 6. The zero-order chi connectivity index (χ0) is 22.7. The number of amides is 2. The van der Waals surface area contributed by atoms with Crippen molar-refractivity contribution in [2.45, 2.75) is 13.5 Å². The van der Waals surface area contributed by atoms with Gasteiger partial charge in [-0.1, -0.05) is 24.3 Å². The van der Waals surface area contributed by atoms with Gasteiger partial charge < -0.3 is 9.88 Å². The van der Waals surface area contributed by atoms with E-state index < -0.39 is 5.82 Å². The molecule has 0 fully saturated rings. The van der Waals surface area contributed by atoms with Crippen LogP contribution in [-0.2, 0) is 16.1 Å². The van der Waals surface area contributed by atoms with E-state index in [0.717, 1.165) is 11.0 Å². The number of carbonyl (C=O) groups excluding carboxylic acids is 2. The second-order valence-corrected chi connectivity index (χ2v) is 7.93. The summed E-state index contributed by atoms with van der Waals surface area (Å²) < 4.78 is 14.2. The molecule has 0 saturated heterocycles. The minimum absolute atomic E-state index is 0.131. The normalized spacial score (nSPS) is 11.2. The van der Waals surface area contributed by atoms with Gasteiger partial charge in [0.25, 0.3) is 0 Å². The molecule has 2 aromatic heterocycles. The monoisotopic (exact) mass is 449 g/mol. The maximum Gasteiger partial charge on any atom is 0.246 e. The number of aromatic amines is 1. The van der Waals surface area contributed by atoms with Gasteiger partial charge in [0.1, 0.15) is 11.6 Å². The van der Waals surface area contributed by atoms with Crippen molar-refractivity contribution >= 4 is 51.1 Å². The third-order valence-corrected chi connectivity index (χ3v) is 5.55. The average Bonchev–Trinajstić information content (AvgIpc) is 3.39. The first-order valence-corrected chi connectivity index (χ1v) is 10.7. The van der Waals surface area contributed by atoms with Gasteiger partial charge in [-0.2, -0.15) is 0 Å². The number of carbonyl (C=O) groups is 2. The van der Waals surface area contributed by atoms with Crippen molar-refractivity contribution in [1.29, 1.82) is 0 Å². The third-order valence-electron chi connectivity index (χ3n) is 4.71. The van der Waals surface area contributed by atoms with E-state index in [4.69, 9.17) is 0 Å². The van der Waals surface area contributed by atoms with Crippen LogP contribution in [0.25, 0.3) is 17.1 Å². The first kappa shape index (κ1) is 21.4. The number of para-hydroxylation sites is 3. The van der Waals surface area contributed by atoms with Gasteiger partial charge in [0.2, 0.25) is 11.8 Å². The molecule has 162 valence electrons. The van der Waals surface area contributed by atoms with Crippen LogP contribution in [0.4, 0.5) is 15.2 Å². The van der Waals surface area contributed by atoms with E-state index in [-0.39, 0.29) is 17.5 Å². The molecule has 9 heteroatoms. The highest BCUT2D eigenvalue weighted by Gasteiger charge is 2.20. The van der Waals surface area contributed by atoms with Crippen molar-refractivity contribution in [3.05, 3.63) is 77.3 Å². The Morgan fingerprint density at radius 3 is 2.62 bits per heavy atom. The van der Waals surface area contributed by atoms with Crippen LogP contribution < -0.4 is 4.90 Å². The second-order valence-electron chi connectivity index (χ2n) is 7.09. The highest BCUT2D eigenvalue weighted by molar-refractivity contribution is 7.14. The first-order chi connectivity index (χ1) is 15.4. The van der Waals surface area contributed by atoms with Crippen molar-refractivity contribution in [3.8, 4) is 0 Å². The zero-order valence-corrected chi connectivity index (χ0v) is 18.3. The Hall–Kier alpha value is -3.85. The molecule has 1 N–H and O–H groups in total. The summed E-state index contributed by atoms with van der Waals surface area (Å²) in [5.41, 5.74) is 2.39. The van der Waals surface area contributed by atoms with Crippen molar-refractivity contribution in [2.75, 3.05) is 11.9 Å². The molecule has 0 bridgehead atoms. The van der Waals surface area contributed by atoms with Crippen LogP contribution in [0.5, 0.6) is 0 Å². The lowest BCUT2D eigenvalue weighted by Gasteiger charge is -2.18. The van der Waals surface area contributed by atoms with Gasteiger partial charge in [-0.05, 0) is 30.3 Å². The van der Waals surface area contributed by atoms with E-state index in [1.54, 1.807) is 30.6 Å². The van der Waals surface area contributed by atoms with Gasteiger partial charge in [-0.25, -0.2) is 14.4 Å². The number of halogens is 1. The minimum atomic E-state index is -0.516. The van der Waals surface area contributed by atoms with E-state index in [9.17, 15) is 14.0 Å². The topological polar surface area (TPSA) is 82.2 Å². The molecule has 0 radical (unpaired) electrons. The Balaban J connectivity index is 1.46. The molecule has 0 aliphatic heterocycles. The number of hydrogen-bond acceptors (Lipinski definition) is 5. The number of fused-ring (bicyclic) bond motifs is 1. The smallest absolute Gasteiger partial charge is 0.246 e. The molecule has 0 spiro atoms. The van der Waals surface area contributed by atoms with Gasteiger partial charge >= 0.3 is 0 Å². The molecule has 4 aromatic rings. The second kappa shape index (κ2) is 9.11. The average molecular weight is 450 g/mol. The number of thiazole rings is 1. The van der Waals surface area contributed by atoms with Crippen molar-refractivity contribution < 1.29 is 14.0 Å². The van der Waals surface area contributed by atoms with Crippen LogP contribution in [0.3, 0.4) is 0 Å². The predicted molar refractivity (Wildman–Crippen MR) is 123 cm³/mol. The number of benzene rings is 2. The number of likely N-dealkylation sites (N-methyl/N-ethyl adjacent to an activating group) is 1. The van der Waals surface area contributed by atoms with Crippen LogP contribution in [0.2, 0.25) is 0 Å². The zero-order valence-electron chi connectivity index (χ0n) is 17.4. The van der Waals surface area contributed by atoms with Crippen LogP contribution in [-0.4, -0.2) is 38.7 Å². The maximum atomic E-state index is 14.2. The highest BCUT2D eigenvalue weighted by atomic mass is 32.1. The molecule has 2 aromatic carbocycles. The minimum Gasteiger partial charge on any atom is -0.340 e. The van der Waals surface area contributed by atoms with Gasteiger partial charge in [-0.3, -0.25) is 14.5 Å². The van der Waals surface area contributed by atoms with Crippen molar-refractivity contribution in [2.24, 2.45) is 0 Å². The fourth-order valence-electron chi connectivity index (χ4n) is 3.16. The summed E-state index contributed by atoms with van der Waals surface area (Å²) in [5.74, 6) is -0.412. The van der Waals surface area contributed by atoms with Gasteiger partial charge in [0, 0.05) is 25.4 Å². The van der Waals surface area contributed by atoms with Crippen LogP contribution in [0.1, 0.15) is 18.4 Å². The Morgan fingerprint density at radius 2 is 1.88 bits per heavy atom. The molecular weight excluding hydrogens is 429 g/mol. The summed E-state index contributed by atoms with van der Waals surface area (Å²) >= 11 is 1.19. The lowest BCUT2D eigenvalue weighted by Crippen LogP contribution is -2.24. The van der Waals surface area contributed by atoms with Crippen molar-refractivity contribution in [3.63, 3.8) is 0 Å². The van der Waals surface area contributed by atoms with Crippen LogP contribution in [0, 0.1) is 5.82 Å². The molecule has 0 saturated carbocycles. The number of nitrogens with zero attached hydrogens (tertiary/aromatic N) is 4. The largest absolute Gasteiger partial charge is 0.340 e. The summed E-state index contributed by atoms with van der Waals surface area (Å²) in [6.07, 6.45) is 2.97. The lowest BCUT2D eigenvalue weighted by molar-refractivity contribution is -0.125. The molecular formula is C23H20FN5O2S. The third kappa shape index (κ3) is 4.57. The first-order valence-electron chi connectivity index (χ1n) is 9.80. The molecule has 0 unspecified atom stereocenters. The molecule has 0 aliphatic rings. The van der Waals surface area contributed by atoms with E-state index >= 15 is 0 Å². The Kier molecular flexibility index (Phi) is 6.09. The van der Waals surface area contributed by atoms with E-state index in [2.05, 4.69) is 15.0 Å². The van der Waals surface area contributed by atoms with Crippen LogP contribution >= 0.6 is 11.3 Å². The molecule has 7 nitrogen and oxygen atoms in total. The molecule has 0 atom stereocenters. The Labute approximate surface area is 187 Å². The summed E-state index contributed by atoms with van der Waals surface area (Å²) in [6, 6.07) is 13.7. The van der Waals surface area contributed by atoms with E-state index in [1.807, 2.05) is 24.3 Å². The fourth-order valence-corrected chi connectivity index (χ4v) is 4.01. The fraction of sp³-hybridized carbons (Fsp3) is 0.130. The molecule has 0 aliphatic carbocycles. The lowest BCUT2D eigenvalue weighted by atomic mass is 10.3. The van der Waals surface area contributed by atoms with Gasteiger partial charge in [0.05, 0.1) is 29.0 Å². The number of H-pyrrole nitrogens is 1. The Bertz CT molecular complexity index is 1280. The van der Waals surface area contributed by atoms with Gasteiger partial charge in [0.15, 0.2) is 5.13 Å². The number of hydrogen-bond donors (Lipinski definition) is 1. The Morgan fingerprint density at radius 1 is 1.12 bits per heavy atom. The molecule has 32 heavy (non-hydrogen) atoms. The molecule has 2 amide bonds. The molecule has 4 rings (SSSR count). The SMILES string of the molecule is CC(=O)N(c1nc(/C=C/C(=O)N(C)Cc2nc3ccccc3[nH]2)cs1)c1ccccc1F. The number of anilines is 2. The predicted octanol–water partition coefficient (Wildman–Crippen LogP) is 4.51. The summed E-state index contributed by atoms with van der Waals surface area (Å²) in [6.45, 7) is 1.67. The standard InChI is InChI=1S/C23H20FN5O2S/c1-15(30)29(20-10-6-3-7-17(20)24)23-25-16(14-32-23)11-12-22(31)28(2)13-21-26-18-8-4-5-9-19(18)27-21/h3-12,14H,13H2,1-2H3,(H,26,27)/b12-11+. The molecule has 2 heterocycles. The summed E-state index contributed by atoms with van der Waals surface area (Å²) in [7, 11) is 1.68. The summed E-state index contributed by atoms with van der Waals surface area (Å²) in [5, 5.41) is 2.03. The van der Waals surface area contributed by atoms with Crippen LogP contribution in [0.15, 0.2) is 60.0 Å². The quantitative estimate of drug-likeness (QED) is 0.439. The van der Waals surface area contributed by atoms with E-state index in [0.29, 0.717) is 23.2 Å². The van der Waals surface area contributed by atoms with E-state index in [1.165, 1.54) is 46.3 Å². The number of nitrogens with one attached hydrogen (secondary N) is 1. The van der Waals surface area contributed by atoms with Gasteiger partial charge in [-0.15, -0.1) is 11.3 Å².